The summed E-state index contributed by atoms with van der Waals surface area (Å²) in [5.41, 5.74) is 0.474. The summed E-state index contributed by atoms with van der Waals surface area (Å²) in [5, 5.41) is 10.0. The van der Waals surface area contributed by atoms with E-state index in [0.717, 1.165) is 37.7 Å². The number of rotatable bonds is 5. The zero-order chi connectivity index (χ0) is 13.7. The standard InChI is InChI=1S/C17H24O2/c1-2-15(18)13-17(11-7-4-8-12-17)16(19)14-9-5-3-6-10-14/h3,5-6,9-10,15,18H,2,4,7-8,11-13H2,1H3. The van der Waals surface area contributed by atoms with Crippen molar-refractivity contribution in [3.05, 3.63) is 35.9 Å². The van der Waals surface area contributed by atoms with E-state index >= 15 is 0 Å². The first-order chi connectivity index (χ1) is 9.18. The maximum absolute atomic E-state index is 12.9. The second-order valence-electron chi connectivity index (χ2n) is 5.80. The molecule has 0 bridgehead atoms. The van der Waals surface area contributed by atoms with Crippen molar-refractivity contribution < 1.29 is 9.90 Å². The summed E-state index contributed by atoms with van der Waals surface area (Å²) >= 11 is 0. The highest BCUT2D eigenvalue weighted by molar-refractivity contribution is 6.00. The predicted molar refractivity (Wildman–Crippen MR) is 77.2 cm³/mol. The Hall–Kier alpha value is -1.15. The molecule has 2 rings (SSSR count). The van der Waals surface area contributed by atoms with Gasteiger partial charge < -0.3 is 5.11 Å². The number of aliphatic hydroxyl groups is 1. The summed E-state index contributed by atoms with van der Waals surface area (Å²) in [6, 6.07) is 9.57. The van der Waals surface area contributed by atoms with Gasteiger partial charge in [0.2, 0.25) is 0 Å². The largest absolute Gasteiger partial charge is 0.393 e. The van der Waals surface area contributed by atoms with Crippen LogP contribution in [0.1, 0.15) is 62.2 Å². The Morgan fingerprint density at radius 1 is 1.21 bits per heavy atom. The van der Waals surface area contributed by atoms with Gasteiger partial charge in [-0.05, 0) is 25.7 Å². The van der Waals surface area contributed by atoms with Gasteiger partial charge in [-0.2, -0.15) is 0 Å². The van der Waals surface area contributed by atoms with Gasteiger partial charge in [-0.25, -0.2) is 0 Å². The molecular formula is C17H24O2. The fourth-order valence-electron chi connectivity index (χ4n) is 3.24. The number of hydrogen-bond acceptors (Lipinski definition) is 2. The van der Waals surface area contributed by atoms with Gasteiger partial charge in [0.05, 0.1) is 6.10 Å². The van der Waals surface area contributed by atoms with E-state index in [4.69, 9.17) is 0 Å². The second kappa shape index (κ2) is 6.33. The van der Waals surface area contributed by atoms with E-state index in [1.54, 1.807) is 0 Å². The van der Waals surface area contributed by atoms with Gasteiger partial charge in [0.15, 0.2) is 5.78 Å². The van der Waals surface area contributed by atoms with E-state index in [9.17, 15) is 9.90 Å². The maximum Gasteiger partial charge on any atom is 0.169 e. The quantitative estimate of drug-likeness (QED) is 0.813. The van der Waals surface area contributed by atoms with E-state index < -0.39 is 0 Å². The number of hydrogen-bond donors (Lipinski definition) is 1. The molecule has 1 N–H and O–H groups in total. The van der Waals surface area contributed by atoms with E-state index in [1.807, 2.05) is 37.3 Å². The first-order valence-corrected chi connectivity index (χ1v) is 7.46. The van der Waals surface area contributed by atoms with Crippen LogP contribution >= 0.6 is 0 Å². The zero-order valence-corrected chi connectivity index (χ0v) is 11.8. The van der Waals surface area contributed by atoms with Crippen molar-refractivity contribution >= 4 is 5.78 Å². The van der Waals surface area contributed by atoms with Crippen molar-refractivity contribution in [3.63, 3.8) is 0 Å². The van der Waals surface area contributed by atoms with Crippen molar-refractivity contribution in [1.82, 2.24) is 0 Å². The monoisotopic (exact) mass is 260 g/mol. The summed E-state index contributed by atoms with van der Waals surface area (Å²) in [6.07, 6.45) is 6.28. The topological polar surface area (TPSA) is 37.3 Å². The molecule has 1 fully saturated rings. The van der Waals surface area contributed by atoms with E-state index in [0.29, 0.717) is 6.42 Å². The maximum atomic E-state index is 12.9. The van der Waals surface area contributed by atoms with Crippen LogP contribution in [0.15, 0.2) is 30.3 Å². The van der Waals surface area contributed by atoms with Gasteiger partial charge in [-0.1, -0.05) is 56.5 Å². The molecule has 2 nitrogen and oxygen atoms in total. The Morgan fingerprint density at radius 3 is 2.42 bits per heavy atom. The van der Waals surface area contributed by atoms with Crippen molar-refractivity contribution in [2.75, 3.05) is 0 Å². The molecule has 1 aromatic rings. The molecular weight excluding hydrogens is 236 g/mol. The summed E-state index contributed by atoms with van der Waals surface area (Å²) in [7, 11) is 0. The molecule has 0 radical (unpaired) electrons. The number of ketones is 1. The van der Waals surface area contributed by atoms with Gasteiger partial charge in [-0.3, -0.25) is 4.79 Å². The molecule has 1 unspecified atom stereocenters. The predicted octanol–water partition coefficient (Wildman–Crippen LogP) is 3.98. The van der Waals surface area contributed by atoms with Gasteiger partial charge in [0.1, 0.15) is 0 Å². The van der Waals surface area contributed by atoms with E-state index in [1.165, 1.54) is 6.42 Å². The molecule has 0 heterocycles. The van der Waals surface area contributed by atoms with Crippen LogP contribution in [0.5, 0.6) is 0 Å². The molecule has 2 heteroatoms. The van der Waals surface area contributed by atoms with Crippen LogP contribution in [0.25, 0.3) is 0 Å². The number of carbonyl (C=O) groups excluding carboxylic acids is 1. The number of aliphatic hydroxyl groups excluding tert-OH is 1. The van der Waals surface area contributed by atoms with E-state index in [2.05, 4.69) is 0 Å². The molecule has 1 aliphatic rings. The third-order valence-electron chi connectivity index (χ3n) is 4.43. The van der Waals surface area contributed by atoms with E-state index in [-0.39, 0.29) is 17.3 Å². The summed E-state index contributed by atoms with van der Waals surface area (Å²) in [6.45, 7) is 1.98. The zero-order valence-electron chi connectivity index (χ0n) is 11.8. The van der Waals surface area contributed by atoms with Gasteiger partial charge in [0.25, 0.3) is 0 Å². The van der Waals surface area contributed by atoms with Crippen LogP contribution in [-0.2, 0) is 0 Å². The molecule has 0 spiro atoms. The number of carbonyl (C=O) groups is 1. The molecule has 1 atom stereocenters. The normalized spacial score (nSPS) is 19.9. The molecule has 1 saturated carbocycles. The lowest BCUT2D eigenvalue weighted by Crippen LogP contribution is -2.37. The molecule has 0 amide bonds. The van der Waals surface area contributed by atoms with Crippen LogP contribution < -0.4 is 0 Å². The molecule has 0 saturated heterocycles. The van der Waals surface area contributed by atoms with Crippen molar-refractivity contribution in [2.24, 2.45) is 5.41 Å². The summed E-state index contributed by atoms with van der Waals surface area (Å²) in [4.78, 5) is 12.9. The minimum atomic E-state index is -0.356. The lowest BCUT2D eigenvalue weighted by molar-refractivity contribution is 0.0472. The average Bonchev–Trinajstić information content (AvgIpc) is 2.48. The second-order valence-corrected chi connectivity index (χ2v) is 5.80. The molecule has 0 aliphatic heterocycles. The molecule has 1 aromatic carbocycles. The highest BCUT2D eigenvalue weighted by atomic mass is 16.3. The lowest BCUT2D eigenvalue weighted by Gasteiger charge is -2.37. The third kappa shape index (κ3) is 3.24. The highest BCUT2D eigenvalue weighted by Gasteiger charge is 2.40. The van der Waals surface area contributed by atoms with Gasteiger partial charge in [-0.15, -0.1) is 0 Å². The lowest BCUT2D eigenvalue weighted by atomic mass is 9.66. The Labute approximate surface area is 115 Å². The average molecular weight is 260 g/mol. The smallest absolute Gasteiger partial charge is 0.169 e. The van der Waals surface area contributed by atoms with Crippen LogP contribution in [0, 0.1) is 5.41 Å². The minimum Gasteiger partial charge on any atom is -0.393 e. The minimum absolute atomic E-state index is 0.236. The number of Topliss-reactive ketones (excluding diaryl/α,β-unsaturated/α-hetero) is 1. The third-order valence-corrected chi connectivity index (χ3v) is 4.43. The van der Waals surface area contributed by atoms with Crippen molar-refractivity contribution in [2.45, 2.75) is 58.0 Å². The first kappa shape index (κ1) is 14.3. The van der Waals surface area contributed by atoms with Gasteiger partial charge >= 0.3 is 0 Å². The fraction of sp³-hybridized carbons (Fsp3) is 0.588. The van der Waals surface area contributed by atoms with Crippen molar-refractivity contribution in [1.29, 1.82) is 0 Å². The molecule has 1 aliphatic carbocycles. The SMILES string of the molecule is CCC(O)CC1(C(=O)c2ccccc2)CCCCC1. The van der Waals surface area contributed by atoms with Crippen LogP contribution in [0.3, 0.4) is 0 Å². The Balaban J connectivity index is 2.24. The van der Waals surface area contributed by atoms with Crippen LogP contribution in [0.4, 0.5) is 0 Å². The Kier molecular flexibility index (Phi) is 4.76. The first-order valence-electron chi connectivity index (χ1n) is 7.46. The highest BCUT2D eigenvalue weighted by Crippen LogP contribution is 2.43. The Morgan fingerprint density at radius 2 is 1.84 bits per heavy atom. The van der Waals surface area contributed by atoms with Crippen LogP contribution in [0.2, 0.25) is 0 Å². The summed E-state index contributed by atoms with van der Waals surface area (Å²) < 4.78 is 0. The van der Waals surface area contributed by atoms with Crippen molar-refractivity contribution in [3.8, 4) is 0 Å². The molecule has 104 valence electrons. The number of benzene rings is 1. The summed E-state index contributed by atoms with van der Waals surface area (Å²) in [5.74, 6) is 0.236. The molecule has 19 heavy (non-hydrogen) atoms. The Bertz CT molecular complexity index is 405. The van der Waals surface area contributed by atoms with Gasteiger partial charge in [0, 0.05) is 11.0 Å². The van der Waals surface area contributed by atoms with Crippen LogP contribution in [-0.4, -0.2) is 17.0 Å². The fourth-order valence-corrected chi connectivity index (χ4v) is 3.24. The molecule has 0 aromatic heterocycles.